The van der Waals surface area contributed by atoms with Crippen molar-refractivity contribution in [2.75, 3.05) is 18.4 Å². The summed E-state index contributed by atoms with van der Waals surface area (Å²) in [4.78, 5) is 24.4. The zero-order valence-electron chi connectivity index (χ0n) is 17.0. The molecule has 0 aliphatic carbocycles. The summed E-state index contributed by atoms with van der Waals surface area (Å²) >= 11 is 0. The van der Waals surface area contributed by atoms with Gasteiger partial charge in [-0.3, -0.25) is 9.59 Å². The third kappa shape index (κ3) is 5.46. The van der Waals surface area contributed by atoms with Crippen LogP contribution in [0, 0.1) is 6.92 Å². The van der Waals surface area contributed by atoms with Crippen LogP contribution in [0.15, 0.2) is 59.5 Å². The molecule has 0 saturated carbocycles. The van der Waals surface area contributed by atoms with Crippen LogP contribution in [-0.4, -0.2) is 43.7 Å². The van der Waals surface area contributed by atoms with Gasteiger partial charge in [0.25, 0.3) is 0 Å². The Morgan fingerprint density at radius 2 is 1.70 bits per heavy atom. The fourth-order valence-corrected chi connectivity index (χ4v) is 5.31. The van der Waals surface area contributed by atoms with Crippen molar-refractivity contribution >= 4 is 27.5 Å². The maximum absolute atomic E-state index is 13.0. The second-order valence-electron chi connectivity index (χ2n) is 7.44. The number of rotatable bonds is 6. The first-order valence-corrected chi connectivity index (χ1v) is 11.5. The number of piperidine rings is 1. The summed E-state index contributed by atoms with van der Waals surface area (Å²) in [5.41, 5.74) is 1.60. The summed E-state index contributed by atoms with van der Waals surface area (Å²) in [7, 11) is -3.58. The number of hydrogen-bond donors (Lipinski definition) is 2. The van der Waals surface area contributed by atoms with Crippen molar-refractivity contribution in [3.8, 4) is 0 Å². The van der Waals surface area contributed by atoms with Crippen molar-refractivity contribution in [3.05, 3.63) is 60.2 Å². The van der Waals surface area contributed by atoms with Gasteiger partial charge in [0, 0.05) is 24.8 Å². The first kappa shape index (κ1) is 22.0. The summed E-state index contributed by atoms with van der Waals surface area (Å²) < 4.78 is 27.5. The van der Waals surface area contributed by atoms with Gasteiger partial charge in [0.05, 0.1) is 4.90 Å². The van der Waals surface area contributed by atoms with Gasteiger partial charge in [-0.05, 0) is 50.5 Å². The van der Waals surface area contributed by atoms with Crippen molar-refractivity contribution < 1.29 is 18.0 Å². The van der Waals surface area contributed by atoms with Crippen molar-refractivity contribution in [2.24, 2.45) is 0 Å². The van der Waals surface area contributed by atoms with Crippen molar-refractivity contribution in [2.45, 2.75) is 43.5 Å². The van der Waals surface area contributed by atoms with Gasteiger partial charge in [0.15, 0.2) is 0 Å². The van der Waals surface area contributed by atoms with E-state index in [0.717, 1.165) is 24.8 Å². The minimum atomic E-state index is -3.58. The Kier molecular flexibility index (Phi) is 7.23. The molecular formula is C22H27N3O4S. The molecule has 8 heteroatoms. The van der Waals surface area contributed by atoms with Gasteiger partial charge in [-0.1, -0.05) is 42.3 Å². The summed E-state index contributed by atoms with van der Waals surface area (Å²) in [5, 5.41) is 5.16. The van der Waals surface area contributed by atoms with Crippen LogP contribution in [0.1, 0.15) is 31.2 Å². The van der Waals surface area contributed by atoms with Gasteiger partial charge >= 0.3 is 11.8 Å². The average Bonchev–Trinajstić information content (AvgIpc) is 2.76. The smallest absolute Gasteiger partial charge is 0.313 e. The van der Waals surface area contributed by atoms with E-state index in [4.69, 9.17) is 0 Å². The number of nitrogens with one attached hydrogen (secondary N) is 2. The number of hydrogen-bond acceptors (Lipinski definition) is 4. The van der Waals surface area contributed by atoms with Crippen LogP contribution in [0.5, 0.6) is 0 Å². The van der Waals surface area contributed by atoms with Gasteiger partial charge in [-0.2, -0.15) is 4.31 Å². The van der Waals surface area contributed by atoms with Gasteiger partial charge < -0.3 is 10.6 Å². The molecule has 1 saturated heterocycles. The molecule has 0 bridgehead atoms. The average molecular weight is 430 g/mol. The summed E-state index contributed by atoms with van der Waals surface area (Å²) in [6, 6.07) is 15.3. The summed E-state index contributed by atoms with van der Waals surface area (Å²) in [5.74, 6) is -1.47. The Balaban J connectivity index is 1.55. The lowest BCUT2D eigenvalue weighted by Crippen LogP contribution is -2.45. The highest BCUT2D eigenvalue weighted by atomic mass is 32.2. The molecule has 1 fully saturated rings. The minimum absolute atomic E-state index is 0.204. The molecule has 1 atom stereocenters. The van der Waals surface area contributed by atoms with E-state index in [1.165, 1.54) is 4.31 Å². The molecule has 0 aromatic heterocycles. The predicted molar refractivity (Wildman–Crippen MR) is 115 cm³/mol. The number of carbonyl (C=O) groups is 2. The quantitative estimate of drug-likeness (QED) is 0.690. The molecular weight excluding hydrogens is 402 g/mol. The van der Waals surface area contributed by atoms with E-state index in [-0.39, 0.29) is 17.5 Å². The molecule has 0 spiro atoms. The zero-order chi connectivity index (χ0) is 21.6. The Morgan fingerprint density at radius 1 is 1.00 bits per heavy atom. The lowest BCUT2D eigenvalue weighted by atomic mass is 10.0. The van der Waals surface area contributed by atoms with Crippen molar-refractivity contribution in [3.63, 3.8) is 0 Å². The number of carbonyl (C=O) groups excluding carboxylic acids is 2. The molecule has 2 aromatic carbocycles. The second kappa shape index (κ2) is 9.86. The van der Waals surface area contributed by atoms with E-state index in [1.54, 1.807) is 42.5 Å². The molecule has 2 amide bonds. The fraction of sp³-hybridized carbons (Fsp3) is 0.364. The van der Waals surface area contributed by atoms with Gasteiger partial charge in [-0.25, -0.2) is 8.42 Å². The highest BCUT2D eigenvalue weighted by Crippen LogP contribution is 2.26. The molecule has 0 radical (unpaired) electrons. The minimum Gasteiger partial charge on any atom is -0.348 e. The van der Waals surface area contributed by atoms with Crippen molar-refractivity contribution in [1.82, 2.24) is 9.62 Å². The largest absolute Gasteiger partial charge is 0.348 e. The molecule has 1 heterocycles. The number of amides is 2. The van der Waals surface area contributed by atoms with E-state index in [9.17, 15) is 18.0 Å². The second-order valence-corrected chi connectivity index (χ2v) is 9.33. The molecule has 30 heavy (non-hydrogen) atoms. The number of sulfonamides is 1. The molecule has 0 unspecified atom stereocenters. The van der Waals surface area contributed by atoms with Crippen LogP contribution in [0.4, 0.5) is 5.69 Å². The highest BCUT2D eigenvalue weighted by molar-refractivity contribution is 7.89. The van der Waals surface area contributed by atoms with Crippen LogP contribution in [-0.2, 0) is 19.6 Å². The Labute approximate surface area is 177 Å². The van der Waals surface area contributed by atoms with E-state index < -0.39 is 21.8 Å². The molecule has 7 nitrogen and oxygen atoms in total. The zero-order valence-corrected chi connectivity index (χ0v) is 17.8. The third-order valence-electron chi connectivity index (χ3n) is 5.20. The summed E-state index contributed by atoms with van der Waals surface area (Å²) in [6.07, 6.45) is 2.94. The lowest BCUT2D eigenvalue weighted by molar-refractivity contribution is -0.136. The Morgan fingerprint density at radius 3 is 2.40 bits per heavy atom. The molecule has 2 N–H and O–H groups in total. The molecule has 160 valence electrons. The third-order valence-corrected chi connectivity index (χ3v) is 7.17. The van der Waals surface area contributed by atoms with Crippen LogP contribution in [0.3, 0.4) is 0 Å². The van der Waals surface area contributed by atoms with Gasteiger partial charge in [-0.15, -0.1) is 0 Å². The van der Waals surface area contributed by atoms with Crippen LogP contribution >= 0.6 is 0 Å². The van der Waals surface area contributed by atoms with Crippen molar-refractivity contribution in [1.29, 1.82) is 0 Å². The highest BCUT2D eigenvalue weighted by Gasteiger charge is 2.33. The number of nitrogens with zero attached hydrogens (tertiary/aromatic N) is 1. The Hall–Kier alpha value is -2.71. The number of benzene rings is 2. The van der Waals surface area contributed by atoms with E-state index in [1.807, 2.05) is 19.1 Å². The van der Waals surface area contributed by atoms with E-state index in [0.29, 0.717) is 18.7 Å². The SMILES string of the molecule is Cc1ccc(NC(=O)C(=O)NCC[C@H]2CCCCN2S(=O)(=O)c2ccccc2)cc1. The first-order chi connectivity index (χ1) is 14.4. The van der Waals surface area contributed by atoms with Crippen LogP contribution < -0.4 is 10.6 Å². The van der Waals surface area contributed by atoms with Crippen LogP contribution in [0.2, 0.25) is 0 Å². The van der Waals surface area contributed by atoms with Crippen LogP contribution in [0.25, 0.3) is 0 Å². The standard InChI is InChI=1S/C22H27N3O4S/c1-17-10-12-18(13-11-17)24-22(27)21(26)23-15-14-19-7-5-6-16-25(19)30(28,29)20-8-3-2-4-9-20/h2-4,8-13,19H,5-7,14-16H2,1H3,(H,23,26)(H,24,27)/t19-/m1/s1. The molecule has 1 aliphatic rings. The fourth-order valence-electron chi connectivity index (χ4n) is 3.56. The predicted octanol–water partition coefficient (Wildman–Crippen LogP) is 2.68. The number of aryl methyl sites for hydroxylation is 1. The maximum Gasteiger partial charge on any atom is 0.313 e. The topological polar surface area (TPSA) is 95.6 Å². The van der Waals surface area contributed by atoms with E-state index >= 15 is 0 Å². The monoisotopic (exact) mass is 429 g/mol. The molecule has 3 rings (SSSR count). The normalized spacial score (nSPS) is 17.3. The first-order valence-electron chi connectivity index (χ1n) is 10.1. The lowest BCUT2D eigenvalue weighted by Gasteiger charge is -2.34. The Bertz CT molecular complexity index is 975. The van der Waals surface area contributed by atoms with E-state index in [2.05, 4.69) is 10.6 Å². The van der Waals surface area contributed by atoms with Gasteiger partial charge in [0.2, 0.25) is 10.0 Å². The summed E-state index contributed by atoms with van der Waals surface area (Å²) in [6.45, 7) is 2.63. The van der Waals surface area contributed by atoms with Gasteiger partial charge in [0.1, 0.15) is 0 Å². The number of anilines is 1. The molecule has 2 aromatic rings. The molecule has 1 aliphatic heterocycles. The maximum atomic E-state index is 13.0.